The number of alkyl halides is 3. The van der Waals surface area contributed by atoms with E-state index in [0.29, 0.717) is 5.69 Å². The van der Waals surface area contributed by atoms with Crippen molar-refractivity contribution in [1.29, 1.82) is 0 Å². The maximum atomic E-state index is 12.4. The second-order valence-electron chi connectivity index (χ2n) is 7.59. The van der Waals surface area contributed by atoms with Crippen LogP contribution >= 0.6 is 0 Å². The Balaban J connectivity index is 2.26. The standard InChI is InChI=1S/C22H26F3N5O2/c1-13(30-16-7-5-15(6-8-16)21(2,3)20(32)27-4)18-14(9-10-28-19(18)31)11-17(26)29-12-22(23,24)25/h5-11,29-30H,1,12,26H2,2-4H3,(H,27,32)(H,28,31)/b17-11+. The molecule has 1 aromatic carbocycles. The van der Waals surface area contributed by atoms with Crippen LogP contribution in [0.1, 0.15) is 30.5 Å². The van der Waals surface area contributed by atoms with Gasteiger partial charge in [0, 0.05) is 24.6 Å². The van der Waals surface area contributed by atoms with Crippen molar-refractivity contribution in [3.8, 4) is 0 Å². The summed E-state index contributed by atoms with van der Waals surface area (Å²) in [4.78, 5) is 27.0. The molecule has 1 aromatic heterocycles. The molecule has 0 fully saturated rings. The lowest BCUT2D eigenvalue weighted by Gasteiger charge is -2.23. The van der Waals surface area contributed by atoms with Gasteiger partial charge in [0.1, 0.15) is 6.54 Å². The Morgan fingerprint density at radius 2 is 1.81 bits per heavy atom. The molecule has 0 spiro atoms. The molecule has 32 heavy (non-hydrogen) atoms. The number of halogens is 3. The van der Waals surface area contributed by atoms with Gasteiger partial charge in [-0.1, -0.05) is 18.7 Å². The topological polar surface area (TPSA) is 112 Å². The summed E-state index contributed by atoms with van der Waals surface area (Å²) in [6.07, 6.45) is -1.84. The second-order valence-corrected chi connectivity index (χ2v) is 7.59. The van der Waals surface area contributed by atoms with E-state index in [0.717, 1.165) is 5.56 Å². The number of likely N-dealkylation sites (N-methyl/N-ethyl adjacent to an activating group) is 1. The van der Waals surface area contributed by atoms with Crippen LogP contribution in [0.2, 0.25) is 0 Å². The molecule has 0 saturated carbocycles. The molecule has 7 nitrogen and oxygen atoms in total. The minimum Gasteiger partial charge on any atom is -0.386 e. The maximum Gasteiger partial charge on any atom is 0.405 e. The molecule has 0 aliphatic heterocycles. The fourth-order valence-corrected chi connectivity index (χ4v) is 3.00. The molecule has 6 N–H and O–H groups in total. The minimum atomic E-state index is -4.43. The van der Waals surface area contributed by atoms with Crippen molar-refractivity contribution in [1.82, 2.24) is 15.6 Å². The first-order valence-electron chi connectivity index (χ1n) is 9.63. The summed E-state index contributed by atoms with van der Waals surface area (Å²) in [5, 5.41) is 7.69. The summed E-state index contributed by atoms with van der Waals surface area (Å²) >= 11 is 0. The van der Waals surface area contributed by atoms with E-state index in [1.807, 2.05) is 0 Å². The zero-order valence-electron chi connectivity index (χ0n) is 18.0. The van der Waals surface area contributed by atoms with Crippen LogP contribution in [0.15, 0.2) is 53.7 Å². The number of carbonyl (C=O) groups excluding carboxylic acids is 1. The first-order valence-corrected chi connectivity index (χ1v) is 9.63. The number of carbonyl (C=O) groups is 1. The SMILES string of the molecule is C=C(Nc1ccc(C(C)(C)C(=O)NC)cc1)c1c(/C=C(\N)NCC(F)(F)F)cc[nH]c1=O. The fourth-order valence-electron chi connectivity index (χ4n) is 3.00. The number of benzene rings is 1. The number of nitrogens with two attached hydrogens (primary N) is 1. The van der Waals surface area contributed by atoms with Crippen molar-refractivity contribution in [3.05, 3.63) is 76.0 Å². The van der Waals surface area contributed by atoms with Crippen molar-refractivity contribution in [3.63, 3.8) is 0 Å². The molecule has 2 aromatic rings. The summed E-state index contributed by atoms with van der Waals surface area (Å²) in [5.74, 6) is -0.380. The molecule has 0 unspecified atom stereocenters. The van der Waals surface area contributed by atoms with Crippen molar-refractivity contribution < 1.29 is 18.0 Å². The number of nitrogens with one attached hydrogen (secondary N) is 4. The lowest BCUT2D eigenvalue weighted by molar-refractivity contribution is -0.125. The predicted octanol–water partition coefficient (Wildman–Crippen LogP) is 2.89. The molecule has 0 radical (unpaired) electrons. The van der Waals surface area contributed by atoms with Gasteiger partial charge >= 0.3 is 6.18 Å². The summed E-state index contributed by atoms with van der Waals surface area (Å²) in [5.41, 5.74) is 6.44. The number of aromatic nitrogens is 1. The normalized spacial score (nSPS) is 12.2. The third-order valence-electron chi connectivity index (χ3n) is 4.80. The van der Waals surface area contributed by atoms with Gasteiger partial charge in [0.25, 0.3) is 5.56 Å². The van der Waals surface area contributed by atoms with Crippen molar-refractivity contribution in [2.24, 2.45) is 5.73 Å². The molecule has 0 saturated heterocycles. The lowest BCUT2D eigenvalue weighted by atomic mass is 9.83. The van der Waals surface area contributed by atoms with Crippen LogP contribution in [0, 0.1) is 0 Å². The zero-order chi connectivity index (χ0) is 24.1. The van der Waals surface area contributed by atoms with E-state index in [4.69, 9.17) is 5.73 Å². The zero-order valence-corrected chi connectivity index (χ0v) is 18.0. The van der Waals surface area contributed by atoms with E-state index in [2.05, 4.69) is 27.5 Å². The average Bonchev–Trinajstić information content (AvgIpc) is 2.71. The Morgan fingerprint density at radius 1 is 1.19 bits per heavy atom. The van der Waals surface area contributed by atoms with Gasteiger partial charge in [0.05, 0.1) is 16.8 Å². The fraction of sp³-hybridized carbons (Fsp3) is 0.273. The van der Waals surface area contributed by atoms with Gasteiger partial charge in [-0.2, -0.15) is 13.2 Å². The van der Waals surface area contributed by atoms with Crippen LogP contribution in [0.5, 0.6) is 0 Å². The number of rotatable bonds is 8. The van der Waals surface area contributed by atoms with E-state index in [1.54, 1.807) is 45.2 Å². The van der Waals surface area contributed by atoms with E-state index < -0.39 is 23.7 Å². The number of H-pyrrole nitrogens is 1. The van der Waals surface area contributed by atoms with Crippen LogP contribution in [0.25, 0.3) is 11.8 Å². The largest absolute Gasteiger partial charge is 0.405 e. The van der Waals surface area contributed by atoms with Crippen LogP contribution in [0.4, 0.5) is 18.9 Å². The summed E-state index contributed by atoms with van der Waals surface area (Å²) in [6.45, 7) is 6.18. The van der Waals surface area contributed by atoms with Crippen molar-refractivity contribution in [2.45, 2.75) is 25.4 Å². The molecule has 10 heteroatoms. The average molecular weight is 449 g/mol. The highest BCUT2D eigenvalue weighted by atomic mass is 19.4. The van der Waals surface area contributed by atoms with Crippen molar-refractivity contribution >= 4 is 23.4 Å². The quantitative estimate of drug-likeness (QED) is 0.426. The van der Waals surface area contributed by atoms with Gasteiger partial charge in [-0.15, -0.1) is 0 Å². The maximum absolute atomic E-state index is 12.4. The van der Waals surface area contributed by atoms with Crippen LogP contribution in [0.3, 0.4) is 0 Å². The Bertz CT molecular complexity index is 1070. The first kappa shape index (κ1) is 24.6. The van der Waals surface area contributed by atoms with Gasteiger partial charge in [-0.05, 0) is 49.2 Å². The highest BCUT2D eigenvalue weighted by Gasteiger charge is 2.28. The van der Waals surface area contributed by atoms with Crippen molar-refractivity contribution in [2.75, 3.05) is 18.9 Å². The summed E-state index contributed by atoms with van der Waals surface area (Å²) in [7, 11) is 1.57. The Hall–Kier alpha value is -3.69. The molecule has 0 bridgehead atoms. The molecule has 0 aliphatic carbocycles. The van der Waals surface area contributed by atoms with Crippen LogP contribution < -0.4 is 27.2 Å². The molecule has 1 amide bonds. The van der Waals surface area contributed by atoms with E-state index >= 15 is 0 Å². The molecule has 0 aliphatic rings. The van der Waals surface area contributed by atoms with E-state index in [1.165, 1.54) is 18.3 Å². The van der Waals surface area contributed by atoms with Crippen LogP contribution in [-0.2, 0) is 10.2 Å². The predicted molar refractivity (Wildman–Crippen MR) is 119 cm³/mol. The summed E-state index contributed by atoms with van der Waals surface area (Å²) < 4.78 is 37.2. The highest BCUT2D eigenvalue weighted by Crippen LogP contribution is 2.26. The number of aromatic amines is 1. The first-order chi connectivity index (χ1) is 14.8. The lowest BCUT2D eigenvalue weighted by Crippen LogP contribution is -2.37. The number of pyridine rings is 1. The molecule has 1 heterocycles. The molecular formula is C22H26F3N5O2. The van der Waals surface area contributed by atoms with Gasteiger partial charge in [0.15, 0.2) is 0 Å². The Morgan fingerprint density at radius 3 is 2.38 bits per heavy atom. The number of amides is 1. The Labute approximate surface area is 183 Å². The molecular weight excluding hydrogens is 423 g/mol. The van der Waals surface area contributed by atoms with E-state index in [-0.39, 0.29) is 28.6 Å². The minimum absolute atomic E-state index is 0.124. The van der Waals surface area contributed by atoms with Gasteiger partial charge < -0.3 is 26.7 Å². The van der Waals surface area contributed by atoms with Gasteiger partial charge in [-0.25, -0.2) is 0 Å². The van der Waals surface area contributed by atoms with Gasteiger partial charge in [0.2, 0.25) is 5.91 Å². The number of hydrogen-bond donors (Lipinski definition) is 5. The Kier molecular flexibility index (Phi) is 7.40. The summed E-state index contributed by atoms with van der Waals surface area (Å²) in [6, 6.07) is 8.52. The molecule has 0 atom stereocenters. The van der Waals surface area contributed by atoms with Gasteiger partial charge in [-0.3, -0.25) is 9.59 Å². The van der Waals surface area contributed by atoms with Crippen LogP contribution in [-0.4, -0.2) is 30.7 Å². The third-order valence-corrected chi connectivity index (χ3v) is 4.80. The molecule has 172 valence electrons. The molecule has 2 rings (SSSR count). The smallest absolute Gasteiger partial charge is 0.386 e. The second kappa shape index (κ2) is 9.63. The number of hydrogen-bond acceptors (Lipinski definition) is 5. The third kappa shape index (κ3) is 6.16. The van der Waals surface area contributed by atoms with E-state index in [9.17, 15) is 22.8 Å². The highest BCUT2D eigenvalue weighted by molar-refractivity contribution is 5.87. The number of anilines is 1. The monoisotopic (exact) mass is 449 g/mol.